The van der Waals surface area contributed by atoms with Crippen LogP contribution in [0.5, 0.6) is 0 Å². The van der Waals surface area contributed by atoms with Crippen molar-refractivity contribution in [1.82, 2.24) is 0 Å². The summed E-state index contributed by atoms with van der Waals surface area (Å²) < 4.78 is 0. The molecule has 5 rings (SSSR count). The second-order valence-electron chi connectivity index (χ2n) is 7.19. The summed E-state index contributed by atoms with van der Waals surface area (Å²) in [5, 5.41) is 7.94. The van der Waals surface area contributed by atoms with Gasteiger partial charge in [-0.2, -0.15) is 4.91 Å². The third kappa shape index (κ3) is 2.99. The Balaban J connectivity index is 1.94. The first-order chi connectivity index (χ1) is 14.4. The van der Waals surface area contributed by atoms with Crippen LogP contribution in [0, 0.1) is 4.91 Å². The van der Waals surface area contributed by atoms with Crippen molar-refractivity contribution >= 4 is 21.5 Å². The van der Waals surface area contributed by atoms with Crippen LogP contribution < -0.4 is 0 Å². The summed E-state index contributed by atoms with van der Waals surface area (Å²) in [6.07, 6.45) is 0. The van der Waals surface area contributed by atoms with E-state index in [1.165, 1.54) is 38.2 Å². The van der Waals surface area contributed by atoms with E-state index >= 15 is 0 Å². The highest BCUT2D eigenvalue weighted by Gasteiger charge is 2.16. The molecule has 0 atom stereocenters. The molecule has 0 aliphatic heterocycles. The highest BCUT2D eigenvalue weighted by Crippen LogP contribution is 2.43. The van der Waals surface area contributed by atoms with E-state index in [9.17, 15) is 4.91 Å². The maximum atomic E-state index is 10.8. The molecule has 0 saturated carbocycles. The SMILES string of the molecule is O=NCc1cccc(-c2c3ccccc3c(-c3ccccc3)c3ccccc23)c1. The lowest BCUT2D eigenvalue weighted by Crippen LogP contribution is -1.91. The predicted molar refractivity (Wildman–Crippen MR) is 122 cm³/mol. The second kappa shape index (κ2) is 7.33. The number of rotatable bonds is 4. The van der Waals surface area contributed by atoms with Gasteiger partial charge in [0.1, 0.15) is 6.54 Å². The molecule has 0 amide bonds. The number of nitrogens with zero attached hydrogens (tertiary/aromatic N) is 1. The molecule has 5 aromatic carbocycles. The molecule has 0 unspecified atom stereocenters. The standard InChI is InChI=1S/C27H19NO/c29-28-18-19-9-8-12-21(17-19)27-24-15-6-4-13-22(24)26(20-10-2-1-3-11-20)23-14-5-7-16-25(23)27/h1-17H,18H2. The van der Waals surface area contributed by atoms with Gasteiger partial charge in [-0.05, 0) is 55.4 Å². The largest absolute Gasteiger partial charge is 0.150 e. The molecule has 0 fully saturated rings. The van der Waals surface area contributed by atoms with Crippen LogP contribution >= 0.6 is 0 Å². The first kappa shape index (κ1) is 17.3. The van der Waals surface area contributed by atoms with Gasteiger partial charge in [0.2, 0.25) is 0 Å². The van der Waals surface area contributed by atoms with Crippen LogP contribution in [0.25, 0.3) is 43.8 Å². The zero-order valence-electron chi connectivity index (χ0n) is 15.9. The van der Waals surface area contributed by atoms with Gasteiger partial charge in [-0.3, -0.25) is 0 Å². The number of fused-ring (bicyclic) bond motifs is 2. The van der Waals surface area contributed by atoms with E-state index < -0.39 is 0 Å². The first-order valence-electron chi connectivity index (χ1n) is 9.74. The summed E-state index contributed by atoms with van der Waals surface area (Å²) in [6, 6.07) is 35.9. The minimum absolute atomic E-state index is 0.186. The molecule has 5 aromatic rings. The molecule has 138 valence electrons. The van der Waals surface area contributed by atoms with Gasteiger partial charge >= 0.3 is 0 Å². The highest BCUT2D eigenvalue weighted by molar-refractivity contribution is 6.21. The summed E-state index contributed by atoms with van der Waals surface area (Å²) in [5.74, 6) is 0. The van der Waals surface area contributed by atoms with Crippen molar-refractivity contribution in [2.45, 2.75) is 6.54 Å². The van der Waals surface area contributed by atoms with E-state index in [0.717, 1.165) is 11.1 Å². The van der Waals surface area contributed by atoms with E-state index in [-0.39, 0.29) is 6.54 Å². The Kier molecular flexibility index (Phi) is 4.38. The molecule has 0 bridgehead atoms. The Labute approximate surface area is 169 Å². The van der Waals surface area contributed by atoms with Crippen LogP contribution in [-0.2, 0) is 6.54 Å². The minimum atomic E-state index is 0.186. The lowest BCUT2D eigenvalue weighted by molar-refractivity contribution is 1.06. The van der Waals surface area contributed by atoms with Gasteiger partial charge in [0, 0.05) is 0 Å². The molecule has 29 heavy (non-hydrogen) atoms. The highest BCUT2D eigenvalue weighted by atomic mass is 16.3. The van der Waals surface area contributed by atoms with Gasteiger partial charge in [0.25, 0.3) is 0 Å². The van der Waals surface area contributed by atoms with E-state index in [4.69, 9.17) is 0 Å². The maximum absolute atomic E-state index is 10.8. The van der Waals surface area contributed by atoms with Crippen molar-refractivity contribution in [3.05, 3.63) is 114 Å². The lowest BCUT2D eigenvalue weighted by atomic mass is 9.86. The molecule has 0 aliphatic rings. The van der Waals surface area contributed by atoms with Crippen molar-refractivity contribution < 1.29 is 0 Å². The fraction of sp³-hybridized carbons (Fsp3) is 0.0370. The van der Waals surface area contributed by atoms with Gasteiger partial charge in [-0.15, -0.1) is 0 Å². The number of hydrogen-bond donors (Lipinski definition) is 0. The summed E-state index contributed by atoms with van der Waals surface area (Å²) in [4.78, 5) is 10.8. The lowest BCUT2D eigenvalue weighted by Gasteiger charge is -2.18. The predicted octanol–water partition coefficient (Wildman–Crippen LogP) is 7.59. The maximum Gasteiger partial charge on any atom is 0.106 e. The van der Waals surface area contributed by atoms with Crippen molar-refractivity contribution in [2.75, 3.05) is 0 Å². The van der Waals surface area contributed by atoms with Crippen molar-refractivity contribution in [3.63, 3.8) is 0 Å². The van der Waals surface area contributed by atoms with Crippen LogP contribution in [0.1, 0.15) is 5.56 Å². The Morgan fingerprint density at radius 3 is 1.55 bits per heavy atom. The Hall–Kier alpha value is -3.78. The summed E-state index contributed by atoms with van der Waals surface area (Å²) in [7, 11) is 0. The molecule has 0 saturated heterocycles. The molecular formula is C27H19NO. The van der Waals surface area contributed by atoms with Crippen molar-refractivity contribution in [2.24, 2.45) is 5.18 Å². The van der Waals surface area contributed by atoms with Crippen molar-refractivity contribution in [3.8, 4) is 22.3 Å². The van der Waals surface area contributed by atoms with Gasteiger partial charge in [-0.25, -0.2) is 0 Å². The van der Waals surface area contributed by atoms with Gasteiger partial charge in [-0.1, -0.05) is 102 Å². The van der Waals surface area contributed by atoms with E-state index in [1.54, 1.807) is 0 Å². The fourth-order valence-electron chi connectivity index (χ4n) is 4.25. The third-order valence-electron chi connectivity index (χ3n) is 5.46. The summed E-state index contributed by atoms with van der Waals surface area (Å²) >= 11 is 0. The van der Waals surface area contributed by atoms with Crippen LogP contribution in [0.2, 0.25) is 0 Å². The normalized spacial score (nSPS) is 11.0. The second-order valence-corrected chi connectivity index (χ2v) is 7.19. The molecule has 0 aromatic heterocycles. The van der Waals surface area contributed by atoms with Crippen LogP contribution in [0.4, 0.5) is 0 Å². The summed E-state index contributed by atoms with van der Waals surface area (Å²) in [6.45, 7) is 0.186. The van der Waals surface area contributed by atoms with Gasteiger partial charge < -0.3 is 0 Å². The first-order valence-corrected chi connectivity index (χ1v) is 9.74. The monoisotopic (exact) mass is 373 g/mol. The van der Waals surface area contributed by atoms with Gasteiger partial charge in [0.05, 0.1) is 0 Å². The molecule has 0 spiro atoms. The molecule has 0 heterocycles. The quantitative estimate of drug-likeness (QED) is 0.236. The van der Waals surface area contributed by atoms with E-state index in [2.05, 4.69) is 96.2 Å². The van der Waals surface area contributed by atoms with Crippen LogP contribution in [-0.4, -0.2) is 0 Å². The molecule has 0 aliphatic carbocycles. The van der Waals surface area contributed by atoms with Crippen LogP contribution in [0.15, 0.2) is 108 Å². The minimum Gasteiger partial charge on any atom is -0.150 e. The Morgan fingerprint density at radius 2 is 1.00 bits per heavy atom. The van der Waals surface area contributed by atoms with Crippen LogP contribution in [0.3, 0.4) is 0 Å². The number of nitroso groups, excluding NO2 is 1. The van der Waals surface area contributed by atoms with E-state index in [1.807, 2.05) is 12.1 Å². The topological polar surface area (TPSA) is 29.4 Å². The smallest absolute Gasteiger partial charge is 0.106 e. The Morgan fingerprint density at radius 1 is 0.517 bits per heavy atom. The molecular weight excluding hydrogens is 354 g/mol. The molecule has 2 heteroatoms. The zero-order valence-corrected chi connectivity index (χ0v) is 15.9. The number of benzene rings is 5. The molecule has 0 N–H and O–H groups in total. The number of hydrogen-bond acceptors (Lipinski definition) is 2. The van der Waals surface area contributed by atoms with E-state index in [0.29, 0.717) is 0 Å². The average Bonchev–Trinajstić information content (AvgIpc) is 2.78. The molecule has 0 radical (unpaired) electrons. The zero-order chi connectivity index (χ0) is 19.6. The van der Waals surface area contributed by atoms with Gasteiger partial charge in [0.15, 0.2) is 0 Å². The third-order valence-corrected chi connectivity index (χ3v) is 5.46. The Bertz CT molecular complexity index is 1280. The summed E-state index contributed by atoms with van der Waals surface area (Å²) in [5.41, 5.74) is 5.70. The molecule has 2 nitrogen and oxygen atoms in total. The fourth-order valence-corrected chi connectivity index (χ4v) is 4.25. The average molecular weight is 373 g/mol. The van der Waals surface area contributed by atoms with Crippen molar-refractivity contribution in [1.29, 1.82) is 0 Å².